The van der Waals surface area contributed by atoms with E-state index < -0.39 is 0 Å². The van der Waals surface area contributed by atoms with Crippen molar-refractivity contribution in [2.45, 2.75) is 12.8 Å². The van der Waals surface area contributed by atoms with Crippen molar-refractivity contribution in [3.63, 3.8) is 0 Å². The van der Waals surface area contributed by atoms with Gasteiger partial charge in [0.1, 0.15) is 0 Å². The molecule has 2 aromatic heterocycles. The van der Waals surface area contributed by atoms with E-state index in [1.165, 1.54) is 55.4 Å². The number of para-hydroxylation sites is 2. The number of benzene rings is 2. The third-order valence-electron chi connectivity index (χ3n) is 7.48. The second-order valence-electron chi connectivity index (χ2n) is 9.53. The van der Waals surface area contributed by atoms with Crippen molar-refractivity contribution >= 4 is 33.1 Å². The first-order valence-corrected chi connectivity index (χ1v) is 12.7. The molecule has 2 heteroatoms. The first-order chi connectivity index (χ1) is 17.9. The number of nitrogens with zero attached hydrogens (tertiary/aromatic N) is 2. The maximum Gasteiger partial charge on any atom is 0.0541 e. The van der Waals surface area contributed by atoms with Gasteiger partial charge in [-0.15, -0.1) is 0 Å². The van der Waals surface area contributed by atoms with Gasteiger partial charge in [-0.2, -0.15) is 0 Å². The maximum absolute atomic E-state index is 4.30. The largest absolute Gasteiger partial charge is 0.309 e. The minimum atomic E-state index is 0.309. The Morgan fingerprint density at radius 1 is 0.750 bits per heavy atom. The van der Waals surface area contributed by atoms with E-state index in [9.17, 15) is 0 Å². The molecule has 1 atom stereocenters. The zero-order chi connectivity index (χ0) is 23.9. The van der Waals surface area contributed by atoms with Gasteiger partial charge in [0.05, 0.1) is 11.0 Å². The number of hydrogen-bond acceptors (Lipinski definition) is 1. The maximum atomic E-state index is 4.30. The molecule has 0 saturated carbocycles. The van der Waals surface area contributed by atoms with Gasteiger partial charge in [0.2, 0.25) is 0 Å². The molecule has 2 nitrogen and oxygen atoms in total. The van der Waals surface area contributed by atoms with E-state index in [0.717, 1.165) is 12.8 Å². The second-order valence-corrected chi connectivity index (χ2v) is 9.53. The summed E-state index contributed by atoms with van der Waals surface area (Å²) in [6.45, 7) is 0. The lowest BCUT2D eigenvalue weighted by Gasteiger charge is -2.25. The van der Waals surface area contributed by atoms with Gasteiger partial charge in [0.25, 0.3) is 0 Å². The summed E-state index contributed by atoms with van der Waals surface area (Å²) in [4.78, 5) is 4.30. The predicted octanol–water partition coefficient (Wildman–Crippen LogP) is 8.44. The molecule has 4 aromatic rings. The van der Waals surface area contributed by atoms with Crippen LogP contribution in [0.1, 0.15) is 18.4 Å². The van der Waals surface area contributed by atoms with Gasteiger partial charge in [-0.3, -0.25) is 4.98 Å². The summed E-state index contributed by atoms with van der Waals surface area (Å²) >= 11 is 0. The van der Waals surface area contributed by atoms with Crippen molar-refractivity contribution in [3.05, 3.63) is 150 Å². The fourth-order valence-corrected chi connectivity index (χ4v) is 5.86. The molecule has 0 aliphatic heterocycles. The highest BCUT2D eigenvalue weighted by Gasteiger charge is 2.27. The van der Waals surface area contributed by atoms with Crippen LogP contribution < -0.4 is 0 Å². The Labute approximate surface area is 211 Å². The summed E-state index contributed by atoms with van der Waals surface area (Å²) in [6.07, 6.45) is 26.4. The number of fused-ring (bicyclic) bond motifs is 5. The van der Waals surface area contributed by atoms with Crippen LogP contribution in [0.4, 0.5) is 0 Å². The van der Waals surface area contributed by atoms with E-state index in [1.807, 2.05) is 12.4 Å². The molecule has 172 valence electrons. The van der Waals surface area contributed by atoms with Crippen LogP contribution in [0.2, 0.25) is 0 Å². The van der Waals surface area contributed by atoms with Crippen LogP contribution >= 0.6 is 0 Å². The van der Waals surface area contributed by atoms with Crippen molar-refractivity contribution < 1.29 is 0 Å². The van der Waals surface area contributed by atoms with E-state index >= 15 is 0 Å². The van der Waals surface area contributed by atoms with Gasteiger partial charge in [0, 0.05) is 40.4 Å². The van der Waals surface area contributed by atoms with Crippen LogP contribution in [0.5, 0.6) is 0 Å². The lowest BCUT2D eigenvalue weighted by molar-refractivity contribution is 0.704. The summed E-state index contributed by atoms with van der Waals surface area (Å²) in [5.74, 6) is 0.309. The molecule has 0 fully saturated rings. The minimum absolute atomic E-state index is 0.309. The first-order valence-electron chi connectivity index (χ1n) is 12.7. The quantitative estimate of drug-likeness (QED) is 0.292. The Morgan fingerprint density at radius 3 is 2.28 bits per heavy atom. The molecule has 36 heavy (non-hydrogen) atoms. The van der Waals surface area contributed by atoms with Crippen molar-refractivity contribution in [1.82, 2.24) is 9.55 Å². The summed E-state index contributed by atoms with van der Waals surface area (Å²) in [6, 6.07) is 21.8. The van der Waals surface area contributed by atoms with Crippen LogP contribution in [0.15, 0.2) is 144 Å². The van der Waals surface area contributed by atoms with Crippen molar-refractivity contribution in [2.75, 3.05) is 0 Å². The van der Waals surface area contributed by atoms with Crippen molar-refractivity contribution in [1.29, 1.82) is 0 Å². The molecule has 4 aliphatic rings. The third kappa shape index (κ3) is 3.37. The fourth-order valence-electron chi connectivity index (χ4n) is 5.86. The second kappa shape index (κ2) is 8.66. The van der Waals surface area contributed by atoms with Crippen LogP contribution in [0, 0.1) is 5.92 Å². The van der Waals surface area contributed by atoms with Crippen LogP contribution in [-0.2, 0) is 0 Å². The number of rotatable bonds is 2. The molecular weight excluding hydrogens is 436 g/mol. The molecule has 0 radical (unpaired) electrons. The van der Waals surface area contributed by atoms with E-state index in [2.05, 4.69) is 125 Å². The van der Waals surface area contributed by atoms with Crippen molar-refractivity contribution in [3.8, 4) is 0 Å². The summed E-state index contributed by atoms with van der Waals surface area (Å²) in [5.41, 5.74) is 10.1. The highest BCUT2D eigenvalue weighted by molar-refractivity contribution is 6.11. The first kappa shape index (κ1) is 20.9. The summed E-state index contributed by atoms with van der Waals surface area (Å²) in [5, 5.41) is 2.59. The van der Waals surface area contributed by atoms with Crippen LogP contribution in [0.3, 0.4) is 0 Å². The number of hydrogen-bond donors (Lipinski definition) is 0. The number of aromatic nitrogens is 2. The third-order valence-corrected chi connectivity index (χ3v) is 7.48. The van der Waals surface area contributed by atoms with Crippen LogP contribution in [-0.4, -0.2) is 9.55 Å². The zero-order valence-corrected chi connectivity index (χ0v) is 20.0. The highest BCUT2D eigenvalue weighted by atomic mass is 15.0. The Kier molecular flexibility index (Phi) is 5.03. The SMILES string of the molecule is C1=C(n2c3ccccc3c3ccccc32)C2=C3C(\c4ccncc4)=C/C=C(/C=C\2)\C=C\C=C/C3CC1. The smallest absolute Gasteiger partial charge is 0.0541 e. The molecule has 0 saturated heterocycles. The van der Waals surface area contributed by atoms with E-state index in [-0.39, 0.29) is 0 Å². The molecule has 0 spiro atoms. The lowest BCUT2D eigenvalue weighted by Crippen LogP contribution is -2.09. The number of pyridine rings is 1. The van der Waals surface area contributed by atoms with Crippen molar-refractivity contribution in [2.24, 2.45) is 5.92 Å². The minimum Gasteiger partial charge on any atom is -0.309 e. The van der Waals surface area contributed by atoms with Gasteiger partial charge >= 0.3 is 0 Å². The van der Waals surface area contributed by atoms with E-state index in [1.54, 1.807) is 0 Å². The molecule has 1 unspecified atom stereocenters. The van der Waals surface area contributed by atoms with Gasteiger partial charge in [-0.1, -0.05) is 91.1 Å². The summed E-state index contributed by atoms with van der Waals surface area (Å²) < 4.78 is 2.48. The average molecular weight is 463 g/mol. The predicted molar refractivity (Wildman–Crippen MR) is 151 cm³/mol. The Hall–Kier alpha value is -4.43. The monoisotopic (exact) mass is 462 g/mol. The highest BCUT2D eigenvalue weighted by Crippen LogP contribution is 2.44. The molecular formula is C34H26N2. The Morgan fingerprint density at radius 2 is 1.50 bits per heavy atom. The Bertz CT molecular complexity index is 1660. The molecule has 2 heterocycles. The normalized spacial score (nSPS) is 24.8. The van der Waals surface area contributed by atoms with E-state index in [4.69, 9.17) is 0 Å². The Balaban J connectivity index is 1.58. The molecule has 8 rings (SSSR count). The molecule has 4 bridgehead atoms. The molecule has 2 aromatic carbocycles. The average Bonchev–Trinajstić information content (AvgIpc) is 3.16. The standard InChI is InChI=1S/C34H26N2/c1-2-9-26-10-7-15-33(36-31-13-5-3-11-28(31)29-12-4-6-14-32(29)36)30-19-17-24(8-1)16-18-27(34(26)30)25-20-22-35-23-21-25/h1-6,8-9,11-23,26H,7,10H2/b8-1+,9-2-,18-16?,19-17-,24-16+,24-17?,27-18-,30-19?,34-27?. The zero-order valence-electron chi connectivity index (χ0n) is 20.0. The van der Waals surface area contributed by atoms with Gasteiger partial charge < -0.3 is 4.57 Å². The lowest BCUT2D eigenvalue weighted by atomic mass is 9.81. The fraction of sp³-hybridized carbons (Fsp3) is 0.0882. The van der Waals surface area contributed by atoms with Crippen LogP contribution in [0.25, 0.3) is 33.1 Å². The molecule has 4 aliphatic carbocycles. The summed E-state index contributed by atoms with van der Waals surface area (Å²) in [7, 11) is 0. The number of allylic oxidation sites excluding steroid dienone is 14. The molecule has 0 N–H and O–H groups in total. The van der Waals surface area contributed by atoms with Gasteiger partial charge in [-0.25, -0.2) is 0 Å². The van der Waals surface area contributed by atoms with Gasteiger partial charge in [-0.05, 0) is 59.4 Å². The topological polar surface area (TPSA) is 17.8 Å². The van der Waals surface area contributed by atoms with Gasteiger partial charge in [0.15, 0.2) is 0 Å². The molecule has 0 amide bonds. The van der Waals surface area contributed by atoms with E-state index in [0.29, 0.717) is 5.92 Å².